The molecule has 0 amide bonds. The molecule has 0 aliphatic heterocycles. The van der Waals surface area contributed by atoms with Crippen LogP contribution in [0.15, 0.2) is 12.7 Å². The lowest BCUT2D eigenvalue weighted by Gasteiger charge is -2.00. The van der Waals surface area contributed by atoms with Crippen LogP contribution in [-0.4, -0.2) is 39.9 Å². The fourth-order valence-corrected chi connectivity index (χ4v) is 2.66. The molecule has 1 aliphatic carbocycles. The molecule has 4 N–H and O–H groups in total. The van der Waals surface area contributed by atoms with Crippen molar-refractivity contribution in [2.75, 3.05) is 5.73 Å². The van der Waals surface area contributed by atoms with Crippen LogP contribution in [0.25, 0.3) is 28.0 Å². The van der Waals surface area contributed by atoms with E-state index in [-0.39, 0.29) is 0 Å². The van der Waals surface area contributed by atoms with Crippen LogP contribution in [0.4, 0.5) is 5.82 Å². The number of nitrogens with one attached hydrogen (secondary N) is 2. The average Bonchev–Trinajstić information content (AvgIpc) is 2.96. The van der Waals surface area contributed by atoms with E-state index in [1.54, 1.807) is 11.0 Å². The van der Waals surface area contributed by atoms with Crippen molar-refractivity contribution in [2.24, 2.45) is 0 Å². The maximum Gasteiger partial charge on any atom is 0.188 e. The monoisotopic (exact) mass is 281 g/mol. The Morgan fingerprint density at radius 2 is 2.14 bits per heavy atom. The topological polar surface area (TPSA) is 127 Å². The second-order valence-electron chi connectivity index (χ2n) is 5.21. The van der Waals surface area contributed by atoms with Crippen LogP contribution < -0.4 is 5.73 Å². The fourth-order valence-electron chi connectivity index (χ4n) is 2.66. The fraction of sp³-hybridized carbons (Fsp3) is 0.250. The molecular formula is C12H11N9. The third kappa shape index (κ3) is 1.37. The van der Waals surface area contributed by atoms with Crippen molar-refractivity contribution >= 4 is 28.0 Å². The summed E-state index contributed by atoms with van der Waals surface area (Å²) in [5.41, 5.74) is 9.00. The number of anilines is 1. The molecule has 0 aromatic carbocycles. The number of fused-ring (bicyclic) bond motifs is 2. The molecule has 5 rings (SSSR count). The molecule has 1 aliphatic rings. The highest BCUT2D eigenvalue weighted by Gasteiger charge is 2.32. The lowest BCUT2D eigenvalue weighted by molar-refractivity contribution is 0.819. The highest BCUT2D eigenvalue weighted by Crippen LogP contribution is 2.43. The summed E-state index contributed by atoms with van der Waals surface area (Å²) in [6.45, 7) is 0. The number of hydrogen-bond acceptors (Lipinski definition) is 6. The van der Waals surface area contributed by atoms with Gasteiger partial charge in [-0.3, -0.25) is 5.10 Å². The van der Waals surface area contributed by atoms with Gasteiger partial charge < -0.3 is 10.7 Å². The van der Waals surface area contributed by atoms with Gasteiger partial charge in [0.2, 0.25) is 0 Å². The van der Waals surface area contributed by atoms with Crippen LogP contribution in [0.2, 0.25) is 0 Å². The minimum absolute atomic E-state index is 0.466. The van der Waals surface area contributed by atoms with Crippen LogP contribution in [0, 0.1) is 0 Å². The largest absolute Gasteiger partial charge is 0.383 e. The van der Waals surface area contributed by atoms with Gasteiger partial charge in [-0.05, 0) is 12.8 Å². The van der Waals surface area contributed by atoms with E-state index in [2.05, 4.69) is 35.2 Å². The minimum atomic E-state index is 0.466. The first-order chi connectivity index (χ1) is 10.3. The molecule has 21 heavy (non-hydrogen) atoms. The summed E-state index contributed by atoms with van der Waals surface area (Å²) in [7, 11) is 0. The molecule has 0 saturated heterocycles. The molecule has 4 aromatic heterocycles. The molecule has 0 spiro atoms. The van der Waals surface area contributed by atoms with E-state index in [1.807, 2.05) is 0 Å². The Kier molecular flexibility index (Phi) is 1.83. The van der Waals surface area contributed by atoms with Gasteiger partial charge in [0.25, 0.3) is 0 Å². The minimum Gasteiger partial charge on any atom is -0.383 e. The van der Waals surface area contributed by atoms with Crippen LogP contribution in [-0.2, 0) is 0 Å². The number of aromatic amines is 2. The van der Waals surface area contributed by atoms with Gasteiger partial charge in [-0.2, -0.15) is 14.9 Å². The van der Waals surface area contributed by atoms with E-state index in [0.29, 0.717) is 28.8 Å². The zero-order chi connectivity index (χ0) is 14.0. The van der Waals surface area contributed by atoms with Crippen molar-refractivity contribution in [3.8, 4) is 5.82 Å². The molecule has 0 bridgehead atoms. The first-order valence-electron chi connectivity index (χ1n) is 6.70. The van der Waals surface area contributed by atoms with Crippen LogP contribution >= 0.6 is 0 Å². The van der Waals surface area contributed by atoms with Gasteiger partial charge in [0.05, 0.1) is 17.4 Å². The zero-order valence-corrected chi connectivity index (χ0v) is 10.9. The van der Waals surface area contributed by atoms with Crippen molar-refractivity contribution in [3.05, 3.63) is 18.3 Å². The first kappa shape index (κ1) is 10.8. The first-order valence-corrected chi connectivity index (χ1v) is 6.70. The van der Waals surface area contributed by atoms with Crippen molar-refractivity contribution in [2.45, 2.75) is 18.8 Å². The summed E-state index contributed by atoms with van der Waals surface area (Å²) in [6, 6.07) is 0. The number of H-pyrrole nitrogens is 2. The third-order valence-electron chi connectivity index (χ3n) is 3.81. The van der Waals surface area contributed by atoms with E-state index in [4.69, 9.17) is 5.73 Å². The van der Waals surface area contributed by atoms with Gasteiger partial charge in [-0.1, -0.05) is 0 Å². The van der Waals surface area contributed by atoms with Crippen molar-refractivity contribution in [1.82, 2.24) is 39.9 Å². The standard InChI is InChI=1S/C12H11N9/c13-9-6-7(5-1-2-5)20-21(11(6)19-18-9)12-8-10(15-3-14-8)16-4-17-12/h3-5H,1-2H2,(H3,13,18,19)(H,14,15,16,17). The Bertz CT molecular complexity index is 971. The highest BCUT2D eigenvalue weighted by atomic mass is 15.4. The Balaban J connectivity index is 1.87. The summed E-state index contributed by atoms with van der Waals surface area (Å²) in [5, 5.41) is 12.7. The maximum absolute atomic E-state index is 6.00. The van der Waals surface area contributed by atoms with Gasteiger partial charge in [-0.15, -0.1) is 0 Å². The Labute approximate surface area is 117 Å². The zero-order valence-electron chi connectivity index (χ0n) is 10.9. The summed E-state index contributed by atoms with van der Waals surface area (Å²) in [5.74, 6) is 1.64. The quantitative estimate of drug-likeness (QED) is 0.500. The SMILES string of the molecule is Nc1[nH]nc2c1c(C1CC1)nn2-c1ncnc2nc[nH]c12. The van der Waals surface area contributed by atoms with Crippen molar-refractivity contribution in [3.63, 3.8) is 0 Å². The van der Waals surface area contributed by atoms with Gasteiger partial charge >= 0.3 is 0 Å². The van der Waals surface area contributed by atoms with Gasteiger partial charge in [0, 0.05) is 5.92 Å². The Morgan fingerprint density at radius 3 is 3.00 bits per heavy atom. The second kappa shape index (κ2) is 3.57. The number of nitrogens with zero attached hydrogens (tertiary/aromatic N) is 6. The lowest BCUT2D eigenvalue weighted by Crippen LogP contribution is -2.03. The Morgan fingerprint density at radius 1 is 1.24 bits per heavy atom. The average molecular weight is 281 g/mol. The lowest BCUT2D eigenvalue weighted by atomic mass is 10.2. The molecule has 9 nitrogen and oxygen atoms in total. The number of rotatable bonds is 2. The molecule has 0 unspecified atom stereocenters. The summed E-state index contributed by atoms with van der Waals surface area (Å²) in [6.07, 6.45) is 5.34. The molecule has 9 heteroatoms. The Hall–Kier alpha value is -2.97. The molecule has 4 aromatic rings. The van der Waals surface area contributed by atoms with E-state index in [9.17, 15) is 0 Å². The molecule has 0 atom stereocenters. The molecule has 104 valence electrons. The van der Waals surface area contributed by atoms with Crippen LogP contribution in [0.5, 0.6) is 0 Å². The summed E-state index contributed by atoms with van der Waals surface area (Å²) >= 11 is 0. The molecule has 1 fully saturated rings. The van der Waals surface area contributed by atoms with Crippen molar-refractivity contribution in [1.29, 1.82) is 0 Å². The number of nitrogen functional groups attached to an aromatic ring is 1. The molecular weight excluding hydrogens is 270 g/mol. The maximum atomic E-state index is 6.00. The predicted molar refractivity (Wildman–Crippen MR) is 74.8 cm³/mol. The van der Waals surface area contributed by atoms with Crippen LogP contribution in [0.3, 0.4) is 0 Å². The van der Waals surface area contributed by atoms with E-state index >= 15 is 0 Å². The van der Waals surface area contributed by atoms with Crippen LogP contribution in [0.1, 0.15) is 24.5 Å². The summed E-state index contributed by atoms with van der Waals surface area (Å²) in [4.78, 5) is 15.6. The molecule has 0 radical (unpaired) electrons. The van der Waals surface area contributed by atoms with E-state index in [0.717, 1.165) is 29.4 Å². The number of aromatic nitrogens is 8. The molecule has 4 heterocycles. The third-order valence-corrected chi connectivity index (χ3v) is 3.81. The van der Waals surface area contributed by atoms with E-state index < -0.39 is 0 Å². The number of nitrogens with two attached hydrogens (primary N) is 1. The molecule has 1 saturated carbocycles. The van der Waals surface area contributed by atoms with Crippen molar-refractivity contribution < 1.29 is 0 Å². The summed E-state index contributed by atoms with van der Waals surface area (Å²) < 4.78 is 1.71. The predicted octanol–water partition coefficient (Wildman–Crippen LogP) is 0.875. The van der Waals surface area contributed by atoms with Gasteiger partial charge in [0.15, 0.2) is 17.1 Å². The van der Waals surface area contributed by atoms with Gasteiger partial charge in [-0.25, -0.2) is 15.0 Å². The second-order valence-corrected chi connectivity index (χ2v) is 5.21. The number of hydrogen-bond donors (Lipinski definition) is 3. The number of imidazole rings is 1. The normalized spacial score (nSPS) is 15.2. The smallest absolute Gasteiger partial charge is 0.188 e. The highest BCUT2D eigenvalue weighted by molar-refractivity contribution is 5.92. The van der Waals surface area contributed by atoms with E-state index in [1.165, 1.54) is 6.33 Å². The van der Waals surface area contributed by atoms with Gasteiger partial charge in [0.1, 0.15) is 17.7 Å².